The molecule has 1 fully saturated rings. The number of thiophene rings is 1. The summed E-state index contributed by atoms with van der Waals surface area (Å²) in [6.07, 6.45) is 0. The molecule has 1 aliphatic heterocycles. The number of carbonyl (C=O) groups is 1. The Labute approximate surface area is 181 Å². The fourth-order valence-electron chi connectivity index (χ4n) is 3.30. The molecule has 0 bridgehead atoms. The third-order valence-electron chi connectivity index (χ3n) is 5.02. The van der Waals surface area contributed by atoms with E-state index in [2.05, 4.69) is 0 Å². The zero-order valence-corrected chi connectivity index (χ0v) is 19.8. The van der Waals surface area contributed by atoms with Gasteiger partial charge in [0.15, 0.2) is 0 Å². The number of amides is 1. The number of nitrogens with zero attached hydrogens (tertiary/aromatic N) is 3. The minimum absolute atomic E-state index is 0.112. The van der Waals surface area contributed by atoms with E-state index in [4.69, 9.17) is 0 Å². The van der Waals surface area contributed by atoms with Gasteiger partial charge < -0.3 is 4.90 Å². The second-order valence-electron chi connectivity index (χ2n) is 7.29. The van der Waals surface area contributed by atoms with E-state index in [1.165, 1.54) is 54.0 Å². The molecule has 0 spiro atoms. The molecule has 1 amide bonds. The van der Waals surface area contributed by atoms with Crippen LogP contribution in [0.3, 0.4) is 0 Å². The summed E-state index contributed by atoms with van der Waals surface area (Å²) in [6.45, 7) is 4.66. The summed E-state index contributed by atoms with van der Waals surface area (Å²) in [6, 6.07) is 7.48. The molecule has 1 aromatic heterocycles. The van der Waals surface area contributed by atoms with Gasteiger partial charge in [0, 0.05) is 55.6 Å². The van der Waals surface area contributed by atoms with Gasteiger partial charge in [0.2, 0.25) is 20.0 Å². The molecule has 0 N–H and O–H groups in total. The van der Waals surface area contributed by atoms with Gasteiger partial charge in [0.25, 0.3) is 5.91 Å². The number of rotatable bonds is 5. The normalized spacial score (nSPS) is 16.2. The van der Waals surface area contributed by atoms with Crippen molar-refractivity contribution in [1.82, 2.24) is 13.5 Å². The highest BCUT2D eigenvalue weighted by Crippen LogP contribution is 2.28. The van der Waals surface area contributed by atoms with E-state index >= 15 is 0 Å². The molecule has 0 unspecified atom stereocenters. The minimum Gasteiger partial charge on any atom is -0.336 e. The Balaban J connectivity index is 1.69. The summed E-state index contributed by atoms with van der Waals surface area (Å²) in [7, 11) is -4.25. The first-order chi connectivity index (χ1) is 13.9. The molecule has 0 aliphatic carbocycles. The number of aryl methyl sites for hydroxylation is 2. The van der Waals surface area contributed by atoms with Gasteiger partial charge in [0.1, 0.15) is 0 Å². The second-order valence-corrected chi connectivity index (χ2v) is 12.8. The lowest BCUT2D eigenvalue weighted by atomic mass is 10.2. The minimum atomic E-state index is -3.58. The molecule has 2 heterocycles. The van der Waals surface area contributed by atoms with Gasteiger partial charge >= 0.3 is 0 Å². The SMILES string of the molecule is Cc1cc(S(=O)(=O)N2CCN(C(=O)c3ccc(S(=O)(=O)N(C)C)cc3)CC2)c(C)s1. The summed E-state index contributed by atoms with van der Waals surface area (Å²) >= 11 is 1.45. The lowest BCUT2D eigenvalue weighted by molar-refractivity contribution is 0.0698. The number of hydrogen-bond acceptors (Lipinski definition) is 6. The van der Waals surface area contributed by atoms with Crippen molar-refractivity contribution in [3.05, 3.63) is 45.6 Å². The van der Waals surface area contributed by atoms with Crippen molar-refractivity contribution >= 4 is 37.3 Å². The molecule has 0 atom stereocenters. The van der Waals surface area contributed by atoms with Crippen LogP contribution in [0.5, 0.6) is 0 Å². The van der Waals surface area contributed by atoms with Crippen LogP contribution >= 0.6 is 11.3 Å². The molecule has 164 valence electrons. The van der Waals surface area contributed by atoms with Crippen LogP contribution in [-0.2, 0) is 20.0 Å². The smallest absolute Gasteiger partial charge is 0.253 e. The van der Waals surface area contributed by atoms with E-state index in [1.807, 2.05) is 6.92 Å². The molecule has 0 radical (unpaired) electrons. The zero-order valence-electron chi connectivity index (χ0n) is 17.3. The van der Waals surface area contributed by atoms with Gasteiger partial charge in [-0.1, -0.05) is 0 Å². The molecule has 1 aromatic carbocycles. The number of piperazine rings is 1. The van der Waals surface area contributed by atoms with Crippen molar-refractivity contribution < 1.29 is 21.6 Å². The Morgan fingerprint density at radius 3 is 2.00 bits per heavy atom. The van der Waals surface area contributed by atoms with Crippen LogP contribution in [0, 0.1) is 13.8 Å². The monoisotopic (exact) mass is 471 g/mol. The highest BCUT2D eigenvalue weighted by atomic mass is 32.2. The maximum Gasteiger partial charge on any atom is 0.253 e. The Morgan fingerprint density at radius 2 is 1.53 bits per heavy atom. The highest BCUT2D eigenvalue weighted by Gasteiger charge is 2.32. The van der Waals surface area contributed by atoms with Gasteiger partial charge in [0.05, 0.1) is 9.79 Å². The van der Waals surface area contributed by atoms with Crippen molar-refractivity contribution in [1.29, 1.82) is 0 Å². The second kappa shape index (κ2) is 8.39. The van der Waals surface area contributed by atoms with Crippen LogP contribution in [0.15, 0.2) is 40.1 Å². The van der Waals surface area contributed by atoms with Gasteiger partial charge in [-0.25, -0.2) is 21.1 Å². The van der Waals surface area contributed by atoms with Crippen molar-refractivity contribution in [3.63, 3.8) is 0 Å². The summed E-state index contributed by atoms with van der Waals surface area (Å²) < 4.78 is 52.7. The van der Waals surface area contributed by atoms with Crippen molar-refractivity contribution in [2.24, 2.45) is 0 Å². The Kier molecular flexibility index (Phi) is 6.40. The molecule has 3 rings (SSSR count). The van der Waals surface area contributed by atoms with E-state index in [-0.39, 0.29) is 37.0 Å². The predicted molar refractivity (Wildman–Crippen MR) is 116 cm³/mol. The first-order valence-corrected chi connectivity index (χ1v) is 13.0. The first-order valence-electron chi connectivity index (χ1n) is 9.33. The van der Waals surface area contributed by atoms with Crippen molar-refractivity contribution in [2.45, 2.75) is 23.6 Å². The lowest BCUT2D eigenvalue weighted by Crippen LogP contribution is -2.50. The number of hydrogen-bond donors (Lipinski definition) is 0. The van der Waals surface area contributed by atoms with Crippen LogP contribution in [-0.4, -0.2) is 76.5 Å². The van der Waals surface area contributed by atoms with E-state index in [0.29, 0.717) is 10.5 Å². The number of carbonyl (C=O) groups excluding carboxylic acids is 1. The van der Waals surface area contributed by atoms with Gasteiger partial charge in [-0.2, -0.15) is 4.31 Å². The van der Waals surface area contributed by atoms with E-state index in [9.17, 15) is 21.6 Å². The van der Waals surface area contributed by atoms with Crippen molar-refractivity contribution in [3.8, 4) is 0 Å². The highest BCUT2D eigenvalue weighted by molar-refractivity contribution is 7.89. The fraction of sp³-hybridized carbons (Fsp3) is 0.421. The average Bonchev–Trinajstić information content (AvgIpc) is 3.06. The Morgan fingerprint density at radius 1 is 0.967 bits per heavy atom. The molecule has 30 heavy (non-hydrogen) atoms. The summed E-state index contributed by atoms with van der Waals surface area (Å²) in [5.41, 5.74) is 0.369. The van der Waals surface area contributed by atoms with Gasteiger partial charge in [-0.15, -0.1) is 11.3 Å². The Bertz CT molecular complexity index is 1140. The molecule has 0 saturated carbocycles. The maximum absolute atomic E-state index is 12.9. The third kappa shape index (κ3) is 4.30. The molecule has 11 heteroatoms. The summed E-state index contributed by atoms with van der Waals surface area (Å²) in [5.74, 6) is -0.247. The standard InChI is InChI=1S/C19H25N3O5S3/c1-14-13-18(15(2)28-14)30(26,27)22-11-9-21(10-12-22)19(23)16-5-7-17(8-6-16)29(24,25)20(3)4/h5-8,13H,9-12H2,1-4H3. The van der Waals surface area contributed by atoms with Crippen molar-refractivity contribution in [2.75, 3.05) is 40.3 Å². The average molecular weight is 472 g/mol. The third-order valence-corrected chi connectivity index (χ3v) is 9.97. The van der Waals surface area contributed by atoms with Gasteiger partial charge in [-0.05, 0) is 44.2 Å². The van der Waals surface area contributed by atoms with E-state index in [1.54, 1.807) is 17.9 Å². The number of sulfonamides is 2. The maximum atomic E-state index is 12.9. The quantitative estimate of drug-likeness (QED) is 0.662. The molecule has 1 aliphatic rings. The van der Waals surface area contributed by atoms with Crippen LogP contribution in [0.4, 0.5) is 0 Å². The van der Waals surface area contributed by atoms with E-state index < -0.39 is 20.0 Å². The lowest BCUT2D eigenvalue weighted by Gasteiger charge is -2.34. The van der Waals surface area contributed by atoms with Crippen LogP contribution in [0.2, 0.25) is 0 Å². The number of benzene rings is 1. The molecule has 2 aromatic rings. The summed E-state index contributed by atoms with van der Waals surface area (Å²) in [5, 5.41) is 0. The summed E-state index contributed by atoms with van der Waals surface area (Å²) in [4.78, 5) is 16.5. The Hall–Kier alpha value is -1.79. The predicted octanol–water partition coefficient (Wildman–Crippen LogP) is 1.76. The first kappa shape index (κ1) is 22.9. The topological polar surface area (TPSA) is 95.1 Å². The molecular weight excluding hydrogens is 446 g/mol. The van der Waals surface area contributed by atoms with Crippen LogP contribution < -0.4 is 0 Å². The van der Waals surface area contributed by atoms with Crippen LogP contribution in [0.25, 0.3) is 0 Å². The fourth-order valence-corrected chi connectivity index (χ4v) is 7.14. The van der Waals surface area contributed by atoms with Crippen LogP contribution in [0.1, 0.15) is 20.1 Å². The molecule has 1 saturated heterocycles. The largest absolute Gasteiger partial charge is 0.336 e. The zero-order chi connectivity index (χ0) is 22.3. The molecule has 8 nitrogen and oxygen atoms in total. The van der Waals surface area contributed by atoms with Gasteiger partial charge in [-0.3, -0.25) is 4.79 Å². The van der Waals surface area contributed by atoms with E-state index in [0.717, 1.165) is 14.1 Å². The molecular formula is C19H25N3O5S3.